The maximum Gasteiger partial charge on any atom is 0.318 e. The van der Waals surface area contributed by atoms with E-state index in [0.717, 1.165) is 0 Å². The second-order valence-corrected chi connectivity index (χ2v) is 1.51. The van der Waals surface area contributed by atoms with E-state index in [9.17, 15) is 4.79 Å². The van der Waals surface area contributed by atoms with Gasteiger partial charge in [-0.3, -0.25) is 0 Å². The maximum absolute atomic E-state index is 10.5. The first-order chi connectivity index (χ1) is 4.81. The highest BCUT2D eigenvalue weighted by atomic mass is 16.2. The van der Waals surface area contributed by atoms with Crippen LogP contribution in [0.15, 0.2) is 12.8 Å². The number of hydrogen-bond acceptors (Lipinski definition) is 2. The molecule has 2 amide bonds. The molecule has 0 aromatic rings. The van der Waals surface area contributed by atoms with Crippen LogP contribution in [-0.2, 0) is 0 Å². The van der Waals surface area contributed by atoms with Crippen molar-refractivity contribution in [3.8, 4) is 6.07 Å². The standard InChI is InChI=1S/C6H9N3O/c1-2-8-6(10)9-5-3-4-7/h2H,1,3,5H2,(H2,8,9,10). The molecular weight excluding hydrogens is 130 g/mol. The van der Waals surface area contributed by atoms with Gasteiger partial charge in [0.05, 0.1) is 12.5 Å². The molecular formula is C6H9N3O. The quantitative estimate of drug-likeness (QED) is 0.554. The van der Waals surface area contributed by atoms with Gasteiger partial charge in [0.1, 0.15) is 0 Å². The second kappa shape index (κ2) is 5.63. The number of rotatable bonds is 3. The molecule has 0 spiro atoms. The molecule has 0 aliphatic rings. The molecule has 0 aliphatic heterocycles. The van der Waals surface area contributed by atoms with Crippen LogP contribution in [0, 0.1) is 11.3 Å². The van der Waals surface area contributed by atoms with Gasteiger partial charge in [-0.25, -0.2) is 4.79 Å². The molecule has 0 atom stereocenters. The van der Waals surface area contributed by atoms with Gasteiger partial charge in [-0.1, -0.05) is 6.58 Å². The monoisotopic (exact) mass is 139 g/mol. The van der Waals surface area contributed by atoms with Crippen molar-refractivity contribution in [1.82, 2.24) is 10.6 Å². The van der Waals surface area contributed by atoms with Crippen LogP contribution in [0.25, 0.3) is 0 Å². The molecule has 4 heteroatoms. The van der Waals surface area contributed by atoms with E-state index in [4.69, 9.17) is 5.26 Å². The average Bonchev–Trinajstić information content (AvgIpc) is 1.89. The number of hydrogen-bond donors (Lipinski definition) is 2. The van der Waals surface area contributed by atoms with Crippen molar-refractivity contribution in [3.63, 3.8) is 0 Å². The van der Waals surface area contributed by atoms with Gasteiger partial charge in [-0.05, 0) is 6.20 Å². The van der Waals surface area contributed by atoms with E-state index in [2.05, 4.69) is 17.2 Å². The molecule has 0 fully saturated rings. The summed E-state index contributed by atoms with van der Waals surface area (Å²) in [6, 6.07) is 1.57. The fourth-order valence-electron chi connectivity index (χ4n) is 0.376. The lowest BCUT2D eigenvalue weighted by Gasteiger charge is -1.99. The van der Waals surface area contributed by atoms with Crippen LogP contribution in [-0.4, -0.2) is 12.6 Å². The Kier molecular flexibility index (Phi) is 4.79. The Morgan fingerprint density at radius 1 is 1.80 bits per heavy atom. The van der Waals surface area contributed by atoms with E-state index in [1.165, 1.54) is 6.20 Å². The van der Waals surface area contributed by atoms with Crippen molar-refractivity contribution < 1.29 is 4.79 Å². The van der Waals surface area contributed by atoms with E-state index in [-0.39, 0.29) is 6.03 Å². The molecule has 0 radical (unpaired) electrons. The molecule has 10 heavy (non-hydrogen) atoms. The maximum atomic E-state index is 10.5. The molecule has 4 nitrogen and oxygen atoms in total. The van der Waals surface area contributed by atoms with Crippen LogP contribution < -0.4 is 10.6 Å². The average molecular weight is 139 g/mol. The first kappa shape index (κ1) is 8.50. The van der Waals surface area contributed by atoms with E-state index in [1.807, 2.05) is 6.07 Å². The van der Waals surface area contributed by atoms with Crippen molar-refractivity contribution in [2.24, 2.45) is 0 Å². The summed E-state index contributed by atoms with van der Waals surface area (Å²) in [5.74, 6) is 0. The zero-order valence-corrected chi connectivity index (χ0v) is 5.55. The SMILES string of the molecule is C=CNC(=O)NCCC#N. The Bertz CT molecular complexity index is 159. The number of urea groups is 1. The van der Waals surface area contributed by atoms with Gasteiger partial charge >= 0.3 is 6.03 Å². The number of amides is 2. The summed E-state index contributed by atoms with van der Waals surface area (Å²) >= 11 is 0. The first-order valence-electron chi connectivity index (χ1n) is 2.83. The summed E-state index contributed by atoms with van der Waals surface area (Å²) in [5.41, 5.74) is 0. The van der Waals surface area contributed by atoms with Gasteiger partial charge in [0.15, 0.2) is 0 Å². The van der Waals surface area contributed by atoms with E-state index in [1.54, 1.807) is 0 Å². The van der Waals surface area contributed by atoms with Crippen LogP contribution in [0.1, 0.15) is 6.42 Å². The van der Waals surface area contributed by atoms with Gasteiger partial charge < -0.3 is 10.6 Å². The normalized spacial score (nSPS) is 7.50. The van der Waals surface area contributed by atoms with Gasteiger partial charge in [-0.2, -0.15) is 5.26 Å². The lowest BCUT2D eigenvalue weighted by Crippen LogP contribution is -2.32. The van der Waals surface area contributed by atoms with Crippen molar-refractivity contribution in [1.29, 1.82) is 5.26 Å². The predicted octanol–water partition coefficient (Wildman–Crippen LogP) is 0.343. The largest absolute Gasteiger partial charge is 0.337 e. The van der Waals surface area contributed by atoms with Crippen LogP contribution in [0.3, 0.4) is 0 Å². The Labute approximate surface area is 59.5 Å². The third-order valence-corrected chi connectivity index (χ3v) is 0.756. The summed E-state index contributed by atoms with van der Waals surface area (Å²) in [5, 5.41) is 12.8. The fraction of sp³-hybridized carbons (Fsp3) is 0.333. The molecule has 54 valence electrons. The molecule has 0 heterocycles. The van der Waals surface area contributed by atoms with Crippen molar-refractivity contribution >= 4 is 6.03 Å². The Balaban J connectivity index is 3.23. The summed E-state index contributed by atoms with van der Waals surface area (Å²) in [6.07, 6.45) is 1.60. The van der Waals surface area contributed by atoms with Crippen LogP contribution in [0.5, 0.6) is 0 Å². The van der Waals surface area contributed by atoms with Crippen LogP contribution in [0.4, 0.5) is 4.79 Å². The Hall–Kier alpha value is -1.50. The molecule has 0 aromatic heterocycles. The lowest BCUT2D eigenvalue weighted by molar-refractivity contribution is 0.244. The summed E-state index contributed by atoms with van der Waals surface area (Å²) in [6.45, 7) is 3.66. The zero-order chi connectivity index (χ0) is 7.82. The molecule has 0 aliphatic carbocycles. The van der Waals surface area contributed by atoms with Crippen molar-refractivity contribution in [3.05, 3.63) is 12.8 Å². The number of nitrogens with one attached hydrogen (secondary N) is 2. The molecule has 0 unspecified atom stereocenters. The molecule has 2 N–H and O–H groups in total. The first-order valence-corrected chi connectivity index (χ1v) is 2.83. The Morgan fingerprint density at radius 2 is 2.50 bits per heavy atom. The van der Waals surface area contributed by atoms with Crippen molar-refractivity contribution in [2.75, 3.05) is 6.54 Å². The molecule has 0 rings (SSSR count). The van der Waals surface area contributed by atoms with Crippen LogP contribution in [0.2, 0.25) is 0 Å². The predicted molar refractivity (Wildman–Crippen MR) is 37.0 cm³/mol. The molecule has 0 saturated carbocycles. The number of nitrogens with zero attached hydrogens (tertiary/aromatic N) is 1. The van der Waals surface area contributed by atoms with Gasteiger partial charge in [0.2, 0.25) is 0 Å². The Morgan fingerprint density at radius 3 is 3.00 bits per heavy atom. The minimum absolute atomic E-state index is 0.324. The third-order valence-electron chi connectivity index (χ3n) is 0.756. The molecule has 0 bridgehead atoms. The lowest BCUT2D eigenvalue weighted by atomic mass is 10.5. The molecule has 0 aromatic carbocycles. The highest BCUT2D eigenvalue weighted by molar-refractivity contribution is 5.74. The van der Waals surface area contributed by atoms with Crippen LogP contribution >= 0.6 is 0 Å². The smallest absolute Gasteiger partial charge is 0.318 e. The highest BCUT2D eigenvalue weighted by Gasteiger charge is 1.92. The third kappa shape index (κ3) is 4.65. The number of nitriles is 1. The van der Waals surface area contributed by atoms with Gasteiger partial charge in [0, 0.05) is 6.54 Å². The highest BCUT2D eigenvalue weighted by Crippen LogP contribution is 1.70. The molecule has 0 saturated heterocycles. The topological polar surface area (TPSA) is 64.9 Å². The van der Waals surface area contributed by atoms with Crippen molar-refractivity contribution in [2.45, 2.75) is 6.42 Å². The second-order valence-electron chi connectivity index (χ2n) is 1.51. The van der Waals surface area contributed by atoms with E-state index >= 15 is 0 Å². The number of carbonyl (C=O) groups excluding carboxylic acids is 1. The summed E-state index contributed by atoms with van der Waals surface area (Å²) < 4.78 is 0. The number of carbonyl (C=O) groups is 1. The zero-order valence-electron chi connectivity index (χ0n) is 5.55. The minimum Gasteiger partial charge on any atom is -0.337 e. The summed E-state index contributed by atoms with van der Waals surface area (Å²) in [4.78, 5) is 10.5. The fourth-order valence-corrected chi connectivity index (χ4v) is 0.376. The van der Waals surface area contributed by atoms with Gasteiger partial charge in [-0.15, -0.1) is 0 Å². The van der Waals surface area contributed by atoms with Gasteiger partial charge in [0.25, 0.3) is 0 Å². The summed E-state index contributed by atoms with van der Waals surface area (Å²) in [7, 11) is 0. The van der Waals surface area contributed by atoms with E-state index < -0.39 is 0 Å². The van der Waals surface area contributed by atoms with E-state index in [0.29, 0.717) is 13.0 Å². The minimum atomic E-state index is -0.328.